The lowest BCUT2D eigenvalue weighted by molar-refractivity contribution is 0.0689. The second kappa shape index (κ2) is 3.88. The Balaban J connectivity index is 3.40. The summed E-state index contributed by atoms with van der Waals surface area (Å²) in [5, 5.41) is 8.38. The number of pyridine rings is 1. The normalized spacial score (nSPS) is 10.6. The molecule has 0 radical (unpaired) electrons. The van der Waals surface area contributed by atoms with Gasteiger partial charge in [0.05, 0.1) is 0 Å². The van der Waals surface area contributed by atoms with Gasteiger partial charge in [0.25, 0.3) is 6.43 Å². The second-order valence-electron chi connectivity index (χ2n) is 2.61. The first kappa shape index (κ1) is 10.8. The van der Waals surface area contributed by atoms with Crippen molar-refractivity contribution in [3.8, 4) is 0 Å². The molecule has 0 aliphatic carbocycles. The monoisotopic (exact) mass is 221 g/mol. The van der Waals surface area contributed by atoms with Crippen LogP contribution in [0.25, 0.3) is 0 Å². The lowest BCUT2D eigenvalue weighted by Gasteiger charge is -2.07. The number of aromatic nitrogens is 1. The summed E-state index contributed by atoms with van der Waals surface area (Å²) in [4.78, 5) is 14.0. The van der Waals surface area contributed by atoms with E-state index in [9.17, 15) is 13.6 Å². The number of halogens is 3. The molecule has 0 spiro atoms. The number of hydrogen-bond donors (Lipinski definition) is 1. The minimum atomic E-state index is -2.76. The fourth-order valence-corrected chi connectivity index (χ4v) is 1.23. The third kappa shape index (κ3) is 1.98. The third-order valence-corrected chi connectivity index (χ3v) is 1.91. The molecule has 0 amide bonds. The Kier molecular flexibility index (Phi) is 3.00. The van der Waals surface area contributed by atoms with Gasteiger partial charge in [-0.05, 0) is 18.6 Å². The zero-order valence-electron chi connectivity index (χ0n) is 7.09. The smallest absolute Gasteiger partial charge is 0.354 e. The van der Waals surface area contributed by atoms with Crippen LogP contribution in [0.15, 0.2) is 6.07 Å². The number of alkyl halides is 2. The summed E-state index contributed by atoms with van der Waals surface area (Å²) >= 11 is 5.40. The maximum absolute atomic E-state index is 12.4. The summed E-state index contributed by atoms with van der Waals surface area (Å²) in [5.41, 5.74) is -0.896. The Hall–Kier alpha value is -1.23. The number of carboxylic acids is 1. The van der Waals surface area contributed by atoms with E-state index < -0.39 is 23.7 Å². The fourth-order valence-electron chi connectivity index (χ4n) is 1.03. The van der Waals surface area contributed by atoms with Gasteiger partial charge in [-0.15, -0.1) is 0 Å². The molecule has 1 rings (SSSR count). The van der Waals surface area contributed by atoms with Gasteiger partial charge in [0.2, 0.25) is 0 Å². The number of carboxylic acid groups (broad SMARTS) is 1. The molecule has 0 aliphatic heterocycles. The molecule has 1 aromatic heterocycles. The predicted octanol–water partition coefficient (Wildman–Crippen LogP) is 2.68. The van der Waals surface area contributed by atoms with Crippen LogP contribution in [-0.4, -0.2) is 16.1 Å². The quantitative estimate of drug-likeness (QED) is 0.781. The fraction of sp³-hybridized carbons (Fsp3) is 0.250. The number of rotatable bonds is 2. The molecule has 0 saturated heterocycles. The summed E-state index contributed by atoms with van der Waals surface area (Å²) in [7, 11) is 0. The minimum Gasteiger partial charge on any atom is -0.477 e. The van der Waals surface area contributed by atoms with Crippen molar-refractivity contribution in [2.24, 2.45) is 0 Å². The van der Waals surface area contributed by atoms with E-state index >= 15 is 0 Å². The molecular weight excluding hydrogens is 216 g/mol. The van der Waals surface area contributed by atoms with Crippen LogP contribution in [0.5, 0.6) is 0 Å². The Morgan fingerprint density at radius 2 is 2.21 bits per heavy atom. The highest BCUT2D eigenvalue weighted by Crippen LogP contribution is 2.26. The van der Waals surface area contributed by atoms with Gasteiger partial charge in [0, 0.05) is 5.56 Å². The molecule has 6 heteroatoms. The van der Waals surface area contributed by atoms with Gasteiger partial charge in [-0.2, -0.15) is 0 Å². The summed E-state index contributed by atoms with van der Waals surface area (Å²) in [6.45, 7) is 1.27. The van der Waals surface area contributed by atoms with Crippen LogP contribution < -0.4 is 0 Å². The van der Waals surface area contributed by atoms with E-state index in [1.807, 2.05) is 0 Å². The molecule has 0 aromatic carbocycles. The minimum absolute atomic E-state index is 0.0584. The molecule has 1 heterocycles. The maximum Gasteiger partial charge on any atom is 0.354 e. The van der Waals surface area contributed by atoms with Crippen LogP contribution in [0.2, 0.25) is 5.15 Å². The largest absolute Gasteiger partial charge is 0.477 e. The van der Waals surface area contributed by atoms with E-state index in [-0.39, 0.29) is 10.7 Å². The number of carbonyl (C=O) groups is 1. The summed E-state index contributed by atoms with van der Waals surface area (Å²) in [6, 6.07) is 0.966. The first-order valence-corrected chi connectivity index (χ1v) is 3.99. The van der Waals surface area contributed by atoms with Crippen LogP contribution in [-0.2, 0) is 0 Å². The summed E-state index contributed by atoms with van der Waals surface area (Å²) < 4.78 is 24.7. The molecule has 1 aromatic rings. The van der Waals surface area contributed by atoms with Gasteiger partial charge < -0.3 is 5.11 Å². The van der Waals surface area contributed by atoms with Crippen LogP contribution in [0, 0.1) is 6.92 Å². The van der Waals surface area contributed by atoms with E-state index in [1.54, 1.807) is 0 Å². The maximum atomic E-state index is 12.4. The van der Waals surface area contributed by atoms with Gasteiger partial charge in [0.1, 0.15) is 5.15 Å². The van der Waals surface area contributed by atoms with Crippen molar-refractivity contribution >= 4 is 17.6 Å². The van der Waals surface area contributed by atoms with Crippen molar-refractivity contribution in [2.75, 3.05) is 0 Å². The SMILES string of the molecule is Cc1c(C(F)F)cc(Cl)nc1C(=O)O. The van der Waals surface area contributed by atoms with E-state index in [0.29, 0.717) is 0 Å². The predicted molar refractivity (Wildman–Crippen MR) is 45.9 cm³/mol. The van der Waals surface area contributed by atoms with E-state index in [2.05, 4.69) is 4.98 Å². The molecule has 0 bridgehead atoms. The molecular formula is C8H6ClF2NO2. The molecule has 0 saturated carbocycles. The summed E-state index contributed by atoms with van der Waals surface area (Å²) in [6.07, 6.45) is -2.76. The van der Waals surface area contributed by atoms with Crippen molar-refractivity contribution in [2.45, 2.75) is 13.3 Å². The van der Waals surface area contributed by atoms with E-state index in [1.165, 1.54) is 6.92 Å². The lowest BCUT2D eigenvalue weighted by Crippen LogP contribution is -2.06. The van der Waals surface area contributed by atoms with Gasteiger partial charge in [-0.25, -0.2) is 18.6 Å². The van der Waals surface area contributed by atoms with Crippen molar-refractivity contribution in [3.05, 3.63) is 28.0 Å². The number of nitrogens with zero attached hydrogens (tertiary/aromatic N) is 1. The van der Waals surface area contributed by atoms with E-state index in [4.69, 9.17) is 16.7 Å². The van der Waals surface area contributed by atoms with Crippen LogP contribution in [0.3, 0.4) is 0 Å². The summed E-state index contributed by atoms with van der Waals surface area (Å²) in [5.74, 6) is -1.37. The first-order valence-electron chi connectivity index (χ1n) is 3.62. The molecule has 3 nitrogen and oxygen atoms in total. The molecule has 0 aliphatic rings. The average Bonchev–Trinajstić information content (AvgIpc) is 2.07. The molecule has 0 atom stereocenters. The Morgan fingerprint density at radius 3 is 2.64 bits per heavy atom. The van der Waals surface area contributed by atoms with Gasteiger partial charge in [-0.3, -0.25) is 0 Å². The van der Waals surface area contributed by atoms with Gasteiger partial charge >= 0.3 is 5.97 Å². The van der Waals surface area contributed by atoms with Gasteiger partial charge in [-0.1, -0.05) is 11.6 Å². The Morgan fingerprint density at radius 1 is 1.64 bits per heavy atom. The van der Waals surface area contributed by atoms with Crippen molar-refractivity contribution in [3.63, 3.8) is 0 Å². The Labute approximate surface area is 83.3 Å². The molecule has 14 heavy (non-hydrogen) atoms. The zero-order valence-corrected chi connectivity index (χ0v) is 7.85. The van der Waals surface area contributed by atoms with Crippen molar-refractivity contribution < 1.29 is 18.7 Å². The number of hydrogen-bond acceptors (Lipinski definition) is 2. The van der Waals surface area contributed by atoms with E-state index in [0.717, 1.165) is 6.07 Å². The Bertz CT molecular complexity index is 382. The zero-order chi connectivity index (χ0) is 10.9. The van der Waals surface area contributed by atoms with Crippen LogP contribution in [0.4, 0.5) is 8.78 Å². The highest BCUT2D eigenvalue weighted by Gasteiger charge is 2.19. The molecule has 1 N–H and O–H groups in total. The highest BCUT2D eigenvalue weighted by molar-refractivity contribution is 6.29. The van der Waals surface area contributed by atoms with Crippen LogP contribution >= 0.6 is 11.6 Å². The highest BCUT2D eigenvalue weighted by atomic mass is 35.5. The van der Waals surface area contributed by atoms with Crippen LogP contribution in [0.1, 0.15) is 28.0 Å². The first-order chi connectivity index (χ1) is 6.43. The van der Waals surface area contributed by atoms with Crippen molar-refractivity contribution in [1.82, 2.24) is 4.98 Å². The van der Waals surface area contributed by atoms with Gasteiger partial charge in [0.15, 0.2) is 5.69 Å². The molecule has 76 valence electrons. The molecule has 0 unspecified atom stereocenters. The molecule has 0 fully saturated rings. The number of aromatic carboxylic acids is 1. The topological polar surface area (TPSA) is 50.2 Å². The standard InChI is InChI=1S/C8H6ClF2NO2/c1-3-4(7(10)11)2-5(9)12-6(3)8(13)14/h2,7H,1H3,(H,13,14). The lowest BCUT2D eigenvalue weighted by atomic mass is 10.1. The average molecular weight is 222 g/mol. The second-order valence-corrected chi connectivity index (χ2v) is 3.00. The van der Waals surface area contributed by atoms with Crippen molar-refractivity contribution in [1.29, 1.82) is 0 Å². The third-order valence-electron chi connectivity index (χ3n) is 1.72.